The second kappa shape index (κ2) is 4.23. The van der Waals surface area contributed by atoms with Crippen molar-refractivity contribution < 1.29 is 19.8 Å². The maximum Gasteiger partial charge on any atom is 0.328 e. The molecule has 0 aliphatic carbocycles. The molecule has 78 valence electrons. The number of aliphatic hydroxyl groups excluding tert-OH is 1. The van der Waals surface area contributed by atoms with Gasteiger partial charge in [-0.15, -0.1) is 6.58 Å². The van der Waals surface area contributed by atoms with E-state index in [4.69, 9.17) is 10.2 Å². The number of aliphatic carboxylic acids is 1. The third-order valence-electron chi connectivity index (χ3n) is 2.36. The van der Waals surface area contributed by atoms with Crippen LogP contribution >= 0.6 is 0 Å². The van der Waals surface area contributed by atoms with Crippen molar-refractivity contribution >= 4 is 11.9 Å². The molecule has 0 aromatic rings. The average Bonchev–Trinajstić information content (AvgIpc) is 2.48. The molecular formula is C9H13NO4. The van der Waals surface area contributed by atoms with Gasteiger partial charge in [0, 0.05) is 18.9 Å². The van der Waals surface area contributed by atoms with Crippen LogP contribution in [0, 0.1) is 5.92 Å². The largest absolute Gasteiger partial charge is 0.480 e. The standard InChI is InChI=1S/C9H13NO4/c1-2-6-3-8(12)10(4-6)7(5-11)9(13)14/h2,6-7,11H,1,3-5H2,(H,13,14). The summed E-state index contributed by atoms with van der Waals surface area (Å²) in [5.74, 6) is -1.42. The first-order chi connectivity index (χ1) is 6.60. The van der Waals surface area contributed by atoms with E-state index in [-0.39, 0.29) is 18.2 Å². The molecule has 1 saturated heterocycles. The number of carboxylic acids is 1. The molecule has 5 heteroatoms. The van der Waals surface area contributed by atoms with E-state index in [0.717, 1.165) is 0 Å². The van der Waals surface area contributed by atoms with Crippen LogP contribution in [0.25, 0.3) is 0 Å². The van der Waals surface area contributed by atoms with Gasteiger partial charge in [0.25, 0.3) is 0 Å². The number of likely N-dealkylation sites (tertiary alicyclic amines) is 1. The zero-order chi connectivity index (χ0) is 10.7. The van der Waals surface area contributed by atoms with Crippen LogP contribution in [0.5, 0.6) is 0 Å². The minimum Gasteiger partial charge on any atom is -0.480 e. The number of hydrogen-bond donors (Lipinski definition) is 2. The molecule has 1 aliphatic heterocycles. The van der Waals surface area contributed by atoms with Crippen molar-refractivity contribution in [1.82, 2.24) is 4.90 Å². The Morgan fingerprint density at radius 3 is 2.79 bits per heavy atom. The third kappa shape index (κ3) is 1.93. The summed E-state index contributed by atoms with van der Waals surface area (Å²) in [6, 6.07) is -1.12. The highest BCUT2D eigenvalue weighted by Gasteiger charge is 2.35. The lowest BCUT2D eigenvalue weighted by atomic mass is 10.1. The van der Waals surface area contributed by atoms with Crippen molar-refractivity contribution in [2.45, 2.75) is 12.5 Å². The summed E-state index contributed by atoms with van der Waals surface area (Å²) in [5.41, 5.74) is 0. The molecule has 0 spiro atoms. The van der Waals surface area contributed by atoms with Gasteiger partial charge in [-0.1, -0.05) is 6.08 Å². The minimum atomic E-state index is -1.18. The van der Waals surface area contributed by atoms with Crippen LogP contribution in [0.2, 0.25) is 0 Å². The van der Waals surface area contributed by atoms with Gasteiger partial charge in [0.15, 0.2) is 6.04 Å². The number of nitrogens with zero attached hydrogens (tertiary/aromatic N) is 1. The normalized spacial score (nSPS) is 23.6. The first-order valence-electron chi connectivity index (χ1n) is 4.35. The number of rotatable bonds is 4. The molecule has 5 nitrogen and oxygen atoms in total. The average molecular weight is 199 g/mol. The fourth-order valence-corrected chi connectivity index (χ4v) is 1.53. The highest BCUT2D eigenvalue weighted by molar-refractivity contribution is 5.85. The first kappa shape index (κ1) is 10.7. The van der Waals surface area contributed by atoms with E-state index in [0.29, 0.717) is 6.54 Å². The lowest BCUT2D eigenvalue weighted by Gasteiger charge is -2.22. The van der Waals surface area contributed by atoms with Gasteiger partial charge in [-0.2, -0.15) is 0 Å². The molecule has 0 aromatic heterocycles. The molecule has 1 rings (SSSR count). The molecule has 0 saturated carbocycles. The van der Waals surface area contributed by atoms with Crippen LogP contribution in [0.1, 0.15) is 6.42 Å². The molecule has 1 amide bonds. The van der Waals surface area contributed by atoms with Gasteiger partial charge in [0.2, 0.25) is 5.91 Å². The van der Waals surface area contributed by atoms with Gasteiger partial charge in [0.1, 0.15) is 0 Å². The van der Waals surface area contributed by atoms with E-state index in [1.807, 2.05) is 0 Å². The molecular weight excluding hydrogens is 186 g/mol. The summed E-state index contributed by atoms with van der Waals surface area (Å²) in [6.07, 6.45) is 1.92. The molecule has 1 fully saturated rings. The number of amides is 1. The molecule has 0 radical (unpaired) electrons. The van der Waals surface area contributed by atoms with Gasteiger partial charge in [-0.05, 0) is 0 Å². The van der Waals surface area contributed by atoms with Crippen molar-refractivity contribution in [3.05, 3.63) is 12.7 Å². The van der Waals surface area contributed by atoms with Crippen molar-refractivity contribution in [3.63, 3.8) is 0 Å². The van der Waals surface area contributed by atoms with E-state index < -0.39 is 18.6 Å². The molecule has 2 atom stereocenters. The maximum absolute atomic E-state index is 11.4. The fraction of sp³-hybridized carbons (Fsp3) is 0.556. The topological polar surface area (TPSA) is 77.8 Å². The predicted molar refractivity (Wildman–Crippen MR) is 48.5 cm³/mol. The quantitative estimate of drug-likeness (QED) is 0.596. The van der Waals surface area contributed by atoms with Crippen LogP contribution in [0.3, 0.4) is 0 Å². The summed E-state index contributed by atoms with van der Waals surface area (Å²) in [4.78, 5) is 23.2. The zero-order valence-corrected chi connectivity index (χ0v) is 7.72. The van der Waals surface area contributed by atoms with E-state index in [1.165, 1.54) is 4.90 Å². The Morgan fingerprint density at radius 1 is 1.79 bits per heavy atom. The second-order valence-electron chi connectivity index (χ2n) is 3.28. The van der Waals surface area contributed by atoms with Crippen LogP contribution < -0.4 is 0 Å². The monoisotopic (exact) mass is 199 g/mol. The molecule has 1 aliphatic rings. The van der Waals surface area contributed by atoms with E-state index in [9.17, 15) is 9.59 Å². The van der Waals surface area contributed by atoms with E-state index in [1.54, 1.807) is 6.08 Å². The summed E-state index contributed by atoms with van der Waals surface area (Å²) >= 11 is 0. The van der Waals surface area contributed by atoms with Crippen LogP contribution in [0.15, 0.2) is 12.7 Å². The van der Waals surface area contributed by atoms with Gasteiger partial charge < -0.3 is 15.1 Å². The van der Waals surface area contributed by atoms with Crippen LogP contribution in [-0.4, -0.2) is 46.2 Å². The van der Waals surface area contributed by atoms with Crippen LogP contribution in [0.4, 0.5) is 0 Å². The molecule has 0 aromatic carbocycles. The van der Waals surface area contributed by atoms with Gasteiger partial charge >= 0.3 is 5.97 Å². The number of aliphatic hydroxyl groups is 1. The first-order valence-corrected chi connectivity index (χ1v) is 4.35. The minimum absolute atomic E-state index is 0.00380. The summed E-state index contributed by atoms with van der Waals surface area (Å²) in [6.45, 7) is 3.34. The Balaban J connectivity index is 2.72. The van der Waals surface area contributed by atoms with Crippen molar-refractivity contribution in [3.8, 4) is 0 Å². The maximum atomic E-state index is 11.4. The van der Waals surface area contributed by atoms with E-state index in [2.05, 4.69) is 6.58 Å². The third-order valence-corrected chi connectivity index (χ3v) is 2.36. The Morgan fingerprint density at radius 2 is 2.43 bits per heavy atom. The Labute approximate surface area is 81.6 Å². The zero-order valence-electron chi connectivity index (χ0n) is 7.72. The smallest absolute Gasteiger partial charge is 0.328 e. The number of hydrogen-bond acceptors (Lipinski definition) is 3. The summed E-state index contributed by atoms with van der Waals surface area (Å²) < 4.78 is 0. The molecule has 2 N–H and O–H groups in total. The lowest BCUT2D eigenvalue weighted by molar-refractivity contribution is -0.149. The molecule has 0 bridgehead atoms. The molecule has 14 heavy (non-hydrogen) atoms. The van der Waals surface area contributed by atoms with E-state index >= 15 is 0 Å². The predicted octanol–water partition coefficient (Wildman–Crippen LogP) is -0.534. The van der Waals surface area contributed by atoms with Gasteiger partial charge in [-0.25, -0.2) is 4.79 Å². The van der Waals surface area contributed by atoms with Crippen molar-refractivity contribution in [2.75, 3.05) is 13.2 Å². The fourth-order valence-electron chi connectivity index (χ4n) is 1.53. The second-order valence-corrected chi connectivity index (χ2v) is 3.28. The number of carboxylic acid groups (broad SMARTS) is 1. The number of carbonyl (C=O) groups is 2. The van der Waals surface area contributed by atoms with Gasteiger partial charge in [0.05, 0.1) is 6.61 Å². The summed E-state index contributed by atoms with van der Waals surface area (Å²) in [5, 5.41) is 17.6. The molecule has 2 unspecified atom stereocenters. The Bertz CT molecular complexity index is 264. The number of carbonyl (C=O) groups excluding carboxylic acids is 1. The molecule has 1 heterocycles. The highest BCUT2D eigenvalue weighted by atomic mass is 16.4. The SMILES string of the molecule is C=CC1CC(=O)N(C(CO)C(=O)O)C1. The van der Waals surface area contributed by atoms with Crippen LogP contribution in [-0.2, 0) is 9.59 Å². The Kier molecular flexibility index (Phi) is 3.24. The van der Waals surface area contributed by atoms with Crippen molar-refractivity contribution in [1.29, 1.82) is 0 Å². The highest BCUT2D eigenvalue weighted by Crippen LogP contribution is 2.20. The van der Waals surface area contributed by atoms with Gasteiger partial charge in [-0.3, -0.25) is 4.79 Å². The Hall–Kier alpha value is -1.36. The van der Waals surface area contributed by atoms with Crippen molar-refractivity contribution in [2.24, 2.45) is 5.92 Å². The lowest BCUT2D eigenvalue weighted by Crippen LogP contribution is -2.44. The summed E-state index contributed by atoms with van der Waals surface area (Å²) in [7, 11) is 0.